The van der Waals surface area contributed by atoms with Gasteiger partial charge in [0.25, 0.3) is 5.91 Å². The number of nitrogens with zero attached hydrogens (tertiary/aromatic N) is 1. The van der Waals surface area contributed by atoms with Crippen LogP contribution in [0.5, 0.6) is 0 Å². The van der Waals surface area contributed by atoms with Crippen LogP contribution in [0.1, 0.15) is 23.0 Å². The van der Waals surface area contributed by atoms with Gasteiger partial charge in [0.2, 0.25) is 5.88 Å². The number of carbonyl (C=O) groups excluding carboxylic acids is 2. The number of anilines is 1. The molecule has 0 aliphatic carbocycles. The van der Waals surface area contributed by atoms with Gasteiger partial charge in [-0.05, 0) is 32.0 Å². The summed E-state index contributed by atoms with van der Waals surface area (Å²) in [5, 5.41) is 6.63. The number of hydrogen-bond donors (Lipinski definition) is 1. The summed E-state index contributed by atoms with van der Waals surface area (Å²) in [6.07, 6.45) is -1.02. The molecule has 1 heterocycles. The average Bonchev–Trinajstić information content (AvgIpc) is 2.86. The van der Waals surface area contributed by atoms with E-state index in [-0.39, 0.29) is 16.5 Å². The maximum atomic E-state index is 11.9. The number of ether oxygens (including phenoxy) is 1. The second-order valence-electron chi connectivity index (χ2n) is 4.50. The number of amides is 1. The molecule has 1 N–H and O–H groups in total. The summed E-state index contributed by atoms with van der Waals surface area (Å²) in [4.78, 5) is 23.8. The van der Waals surface area contributed by atoms with E-state index in [1.54, 1.807) is 13.0 Å². The van der Waals surface area contributed by atoms with Gasteiger partial charge in [-0.2, -0.15) is 0 Å². The van der Waals surface area contributed by atoms with Gasteiger partial charge in [-0.15, -0.1) is 0 Å². The zero-order valence-corrected chi connectivity index (χ0v) is 13.2. The van der Waals surface area contributed by atoms with Crippen molar-refractivity contribution in [2.24, 2.45) is 0 Å². The summed E-state index contributed by atoms with van der Waals surface area (Å²) in [5.41, 5.74) is 0.820. The van der Waals surface area contributed by atoms with Crippen LogP contribution in [-0.2, 0) is 9.53 Å². The quantitative estimate of drug-likeness (QED) is 0.860. The Labute approximate surface area is 136 Å². The fraction of sp³-hybridized carbons (Fsp3) is 0.214. The smallest absolute Gasteiger partial charge is 0.338 e. The van der Waals surface area contributed by atoms with Crippen molar-refractivity contribution in [3.63, 3.8) is 0 Å². The molecule has 2 aromatic rings. The molecule has 0 aliphatic rings. The maximum Gasteiger partial charge on any atom is 0.338 e. The number of aromatic nitrogens is 1. The Morgan fingerprint density at radius 3 is 2.59 bits per heavy atom. The van der Waals surface area contributed by atoms with Crippen LogP contribution < -0.4 is 5.32 Å². The molecular formula is C14H12Cl2N2O4. The molecule has 0 aliphatic heterocycles. The predicted octanol–water partition coefficient (Wildman–Crippen LogP) is 3.47. The number of hydrogen-bond acceptors (Lipinski definition) is 5. The second kappa shape index (κ2) is 6.81. The largest absolute Gasteiger partial charge is 0.449 e. The van der Waals surface area contributed by atoms with Crippen LogP contribution in [0.4, 0.5) is 5.88 Å². The summed E-state index contributed by atoms with van der Waals surface area (Å²) in [5.74, 6) is -1.04. The normalized spacial score (nSPS) is 11.8. The van der Waals surface area contributed by atoms with E-state index in [1.165, 1.54) is 25.1 Å². The molecule has 1 amide bonds. The summed E-state index contributed by atoms with van der Waals surface area (Å²) < 4.78 is 9.91. The molecule has 1 atom stereocenters. The van der Waals surface area contributed by atoms with E-state index in [0.29, 0.717) is 10.7 Å². The van der Waals surface area contributed by atoms with Gasteiger partial charge in [-0.3, -0.25) is 10.1 Å². The highest BCUT2D eigenvalue weighted by Crippen LogP contribution is 2.23. The monoisotopic (exact) mass is 342 g/mol. The van der Waals surface area contributed by atoms with Crippen LogP contribution in [0.2, 0.25) is 10.0 Å². The zero-order valence-electron chi connectivity index (χ0n) is 11.7. The van der Waals surface area contributed by atoms with Crippen LogP contribution in [0.15, 0.2) is 28.8 Å². The molecule has 0 bridgehead atoms. The van der Waals surface area contributed by atoms with Crippen LogP contribution in [0.3, 0.4) is 0 Å². The standard InChI is InChI=1S/C14H12Cl2N2O4/c1-7-5-12(22-18-7)17-13(19)8(2)21-14(20)9-3-4-10(15)11(16)6-9/h3-6,8H,1-2H3,(H,17,19). The Kier molecular flexibility index (Phi) is 5.05. The third-order valence-corrected chi connectivity index (χ3v) is 3.42. The van der Waals surface area contributed by atoms with Crippen LogP contribution in [-0.4, -0.2) is 23.1 Å². The molecule has 1 aromatic heterocycles. The Balaban J connectivity index is 1.98. The Hall–Kier alpha value is -2.05. The first kappa shape index (κ1) is 16.3. The summed E-state index contributed by atoms with van der Waals surface area (Å²) >= 11 is 11.6. The van der Waals surface area contributed by atoms with Crippen molar-refractivity contribution in [2.75, 3.05) is 5.32 Å². The number of rotatable bonds is 4. The van der Waals surface area contributed by atoms with Gasteiger partial charge in [0.05, 0.1) is 21.3 Å². The SMILES string of the molecule is Cc1cc(NC(=O)C(C)OC(=O)c2ccc(Cl)c(Cl)c2)on1. The van der Waals surface area contributed by atoms with Crippen LogP contribution in [0.25, 0.3) is 0 Å². The van der Waals surface area contributed by atoms with Gasteiger partial charge < -0.3 is 9.26 Å². The van der Waals surface area contributed by atoms with Gasteiger partial charge in [0.15, 0.2) is 6.10 Å². The lowest BCUT2D eigenvalue weighted by molar-refractivity contribution is -0.123. The Bertz CT molecular complexity index is 715. The number of carbonyl (C=O) groups is 2. The van der Waals surface area contributed by atoms with E-state index >= 15 is 0 Å². The first-order valence-electron chi connectivity index (χ1n) is 6.27. The first-order chi connectivity index (χ1) is 10.4. The zero-order chi connectivity index (χ0) is 16.3. The fourth-order valence-electron chi connectivity index (χ4n) is 1.55. The third kappa shape index (κ3) is 3.99. The number of nitrogens with one attached hydrogen (secondary N) is 1. The first-order valence-corrected chi connectivity index (χ1v) is 7.02. The average molecular weight is 343 g/mol. The minimum Gasteiger partial charge on any atom is -0.449 e. The molecule has 8 heteroatoms. The molecule has 116 valence electrons. The van der Waals surface area contributed by atoms with Gasteiger partial charge >= 0.3 is 5.97 Å². The number of esters is 1. The molecule has 0 radical (unpaired) electrons. The van der Waals surface area contributed by atoms with Gasteiger partial charge in [-0.1, -0.05) is 28.4 Å². The highest BCUT2D eigenvalue weighted by Gasteiger charge is 2.20. The van der Waals surface area contributed by atoms with Crippen molar-refractivity contribution in [2.45, 2.75) is 20.0 Å². The van der Waals surface area contributed by atoms with E-state index in [4.69, 9.17) is 32.5 Å². The second-order valence-corrected chi connectivity index (χ2v) is 5.31. The molecule has 1 aromatic carbocycles. The lowest BCUT2D eigenvalue weighted by atomic mass is 10.2. The predicted molar refractivity (Wildman–Crippen MR) is 81.2 cm³/mol. The van der Waals surface area contributed by atoms with Crippen molar-refractivity contribution in [3.05, 3.63) is 45.6 Å². The van der Waals surface area contributed by atoms with Crippen LogP contribution >= 0.6 is 23.2 Å². The van der Waals surface area contributed by atoms with Crippen molar-refractivity contribution < 1.29 is 18.8 Å². The molecule has 6 nitrogen and oxygen atoms in total. The maximum absolute atomic E-state index is 11.9. The summed E-state index contributed by atoms with van der Waals surface area (Å²) in [6.45, 7) is 3.15. The van der Waals surface area contributed by atoms with E-state index in [0.717, 1.165) is 0 Å². The fourth-order valence-corrected chi connectivity index (χ4v) is 1.85. The molecule has 1 unspecified atom stereocenters. The minimum atomic E-state index is -1.02. The topological polar surface area (TPSA) is 81.4 Å². The van der Waals surface area contributed by atoms with Crippen LogP contribution in [0, 0.1) is 6.92 Å². The highest BCUT2D eigenvalue weighted by atomic mass is 35.5. The van der Waals surface area contributed by atoms with E-state index < -0.39 is 18.0 Å². The van der Waals surface area contributed by atoms with E-state index in [9.17, 15) is 9.59 Å². The van der Waals surface area contributed by atoms with Gasteiger partial charge in [-0.25, -0.2) is 4.79 Å². The van der Waals surface area contributed by atoms with Gasteiger partial charge in [0, 0.05) is 6.07 Å². The number of benzene rings is 1. The lowest BCUT2D eigenvalue weighted by Crippen LogP contribution is -2.29. The molecule has 2 rings (SSSR count). The van der Waals surface area contributed by atoms with E-state index in [2.05, 4.69) is 10.5 Å². The van der Waals surface area contributed by atoms with Crippen molar-refractivity contribution in [1.29, 1.82) is 0 Å². The van der Waals surface area contributed by atoms with E-state index in [1.807, 2.05) is 0 Å². The molecule has 0 saturated carbocycles. The summed E-state index contributed by atoms with van der Waals surface area (Å²) in [6, 6.07) is 5.85. The highest BCUT2D eigenvalue weighted by molar-refractivity contribution is 6.42. The Morgan fingerprint density at radius 2 is 2.00 bits per heavy atom. The number of aryl methyl sites for hydroxylation is 1. The molecule has 0 fully saturated rings. The van der Waals surface area contributed by atoms with Crippen molar-refractivity contribution in [1.82, 2.24) is 5.16 Å². The van der Waals surface area contributed by atoms with Crippen molar-refractivity contribution >= 4 is 41.0 Å². The molecule has 22 heavy (non-hydrogen) atoms. The van der Waals surface area contributed by atoms with Crippen molar-refractivity contribution in [3.8, 4) is 0 Å². The summed E-state index contributed by atoms with van der Waals surface area (Å²) in [7, 11) is 0. The van der Waals surface area contributed by atoms with Gasteiger partial charge in [0.1, 0.15) is 0 Å². The molecule has 0 saturated heterocycles. The third-order valence-electron chi connectivity index (χ3n) is 2.68. The molecule has 0 spiro atoms. The Morgan fingerprint density at radius 1 is 1.27 bits per heavy atom. The number of halogens is 2. The minimum absolute atomic E-state index is 0.180. The molecular weight excluding hydrogens is 331 g/mol. The lowest BCUT2D eigenvalue weighted by Gasteiger charge is -2.12.